The topological polar surface area (TPSA) is 68.7 Å². The van der Waals surface area contributed by atoms with Gasteiger partial charge < -0.3 is 14.4 Å². The fourth-order valence-electron chi connectivity index (χ4n) is 3.42. The molecule has 0 unspecified atom stereocenters. The molecule has 0 aromatic carbocycles. The maximum absolute atomic E-state index is 12.4. The first-order valence-corrected chi connectivity index (χ1v) is 8.65. The van der Waals surface area contributed by atoms with Gasteiger partial charge in [0.1, 0.15) is 17.0 Å². The van der Waals surface area contributed by atoms with Gasteiger partial charge in [0.25, 0.3) is 0 Å². The van der Waals surface area contributed by atoms with E-state index in [0.717, 1.165) is 5.56 Å². The van der Waals surface area contributed by atoms with Crippen LogP contribution in [0.1, 0.15) is 48.2 Å². The van der Waals surface area contributed by atoms with Crippen LogP contribution in [-0.2, 0) is 4.74 Å². The van der Waals surface area contributed by atoms with Gasteiger partial charge in [-0.2, -0.15) is 0 Å². The monoisotopic (exact) mass is 330 g/mol. The van der Waals surface area contributed by atoms with E-state index in [1.165, 1.54) is 12.8 Å². The molecule has 0 radical (unpaired) electrons. The Kier molecular flexibility index (Phi) is 3.70. The number of rotatable bonds is 2. The van der Waals surface area contributed by atoms with Crippen LogP contribution < -0.4 is 4.74 Å². The summed E-state index contributed by atoms with van der Waals surface area (Å²) in [4.78, 5) is 30.5. The van der Waals surface area contributed by atoms with Crippen molar-refractivity contribution in [2.24, 2.45) is 5.92 Å². The maximum atomic E-state index is 12.4. The molecule has 6 heteroatoms. The number of likely N-dealkylation sites (tertiary alicyclic amines) is 1. The Balaban J connectivity index is 1.41. The van der Waals surface area contributed by atoms with Gasteiger partial charge in [0.05, 0.1) is 13.0 Å². The highest BCUT2D eigenvalue weighted by atomic mass is 16.6. The van der Waals surface area contributed by atoms with E-state index < -0.39 is 5.60 Å². The van der Waals surface area contributed by atoms with Crippen LogP contribution in [0.25, 0.3) is 0 Å². The molecule has 0 atom stereocenters. The molecule has 1 aliphatic carbocycles. The third-order valence-electron chi connectivity index (χ3n) is 5.14. The molecule has 3 aliphatic rings. The fourth-order valence-corrected chi connectivity index (χ4v) is 3.42. The van der Waals surface area contributed by atoms with Crippen LogP contribution >= 0.6 is 0 Å². The molecule has 4 rings (SSSR count). The smallest absolute Gasteiger partial charge is 0.409 e. The Morgan fingerprint density at radius 1 is 1.42 bits per heavy atom. The van der Waals surface area contributed by atoms with Crippen molar-refractivity contribution < 1.29 is 19.1 Å². The van der Waals surface area contributed by atoms with Gasteiger partial charge in [0.2, 0.25) is 0 Å². The molecule has 1 aromatic rings. The number of aryl methyl sites for hydroxylation is 1. The number of ketones is 1. The van der Waals surface area contributed by atoms with Crippen molar-refractivity contribution in [2.45, 2.75) is 44.6 Å². The highest BCUT2D eigenvalue weighted by Gasteiger charge is 2.44. The van der Waals surface area contributed by atoms with Crippen LogP contribution in [-0.4, -0.2) is 47.1 Å². The summed E-state index contributed by atoms with van der Waals surface area (Å²) in [5, 5.41) is 0. The number of piperidine rings is 1. The molecule has 0 N–H and O–H groups in total. The van der Waals surface area contributed by atoms with Crippen LogP contribution in [0.3, 0.4) is 0 Å². The van der Waals surface area contributed by atoms with Crippen molar-refractivity contribution in [3.05, 3.63) is 23.5 Å². The van der Waals surface area contributed by atoms with E-state index >= 15 is 0 Å². The van der Waals surface area contributed by atoms with Crippen LogP contribution in [0, 0.1) is 12.8 Å². The van der Waals surface area contributed by atoms with E-state index in [0.29, 0.717) is 56.3 Å². The molecule has 2 aliphatic heterocycles. The Hall–Kier alpha value is -2.11. The molecule has 3 heterocycles. The highest BCUT2D eigenvalue weighted by molar-refractivity contribution is 5.98. The van der Waals surface area contributed by atoms with E-state index in [9.17, 15) is 9.59 Å². The highest BCUT2D eigenvalue weighted by Crippen LogP contribution is 2.39. The molecule has 1 saturated heterocycles. The predicted molar refractivity (Wildman–Crippen MR) is 86.2 cm³/mol. The minimum atomic E-state index is -0.507. The van der Waals surface area contributed by atoms with Gasteiger partial charge in [-0.25, -0.2) is 9.78 Å². The largest absolute Gasteiger partial charge is 0.484 e. The number of carbonyl (C=O) groups is 2. The van der Waals surface area contributed by atoms with Gasteiger partial charge in [-0.1, -0.05) is 0 Å². The number of ether oxygens (including phenoxy) is 2. The van der Waals surface area contributed by atoms with Gasteiger partial charge in [0, 0.05) is 32.1 Å². The molecule has 1 aromatic heterocycles. The Morgan fingerprint density at radius 3 is 2.88 bits per heavy atom. The van der Waals surface area contributed by atoms with Crippen molar-refractivity contribution >= 4 is 11.9 Å². The second-order valence-corrected chi connectivity index (χ2v) is 7.25. The van der Waals surface area contributed by atoms with Crippen LogP contribution in [0.15, 0.2) is 12.3 Å². The second-order valence-electron chi connectivity index (χ2n) is 7.25. The van der Waals surface area contributed by atoms with Gasteiger partial charge in [-0.3, -0.25) is 4.79 Å². The van der Waals surface area contributed by atoms with E-state index in [-0.39, 0.29) is 11.9 Å². The number of hydrogen-bond donors (Lipinski definition) is 0. The standard InChI is InChI=1S/C18H22N2O4/c1-12-8-15-16(19-10-12)14(21)9-18(24-15)4-6-20(7-5-18)17(22)23-11-13-2-3-13/h8,10,13H,2-7,9,11H2,1H3. The lowest BCUT2D eigenvalue weighted by atomic mass is 9.83. The summed E-state index contributed by atoms with van der Waals surface area (Å²) in [6.07, 6.45) is 5.41. The van der Waals surface area contributed by atoms with Gasteiger partial charge in [-0.05, 0) is 37.3 Å². The molecule has 1 saturated carbocycles. The molecule has 6 nitrogen and oxygen atoms in total. The van der Waals surface area contributed by atoms with Gasteiger partial charge >= 0.3 is 6.09 Å². The Labute approximate surface area is 141 Å². The summed E-state index contributed by atoms with van der Waals surface area (Å²) in [5.74, 6) is 1.17. The SMILES string of the molecule is Cc1cnc2c(c1)OC1(CCN(C(=O)OCC3CC3)CC1)CC2=O. The second kappa shape index (κ2) is 5.76. The van der Waals surface area contributed by atoms with Crippen molar-refractivity contribution in [2.75, 3.05) is 19.7 Å². The number of nitrogens with zero attached hydrogens (tertiary/aromatic N) is 2. The number of aromatic nitrogens is 1. The molecule has 2 fully saturated rings. The Morgan fingerprint density at radius 2 is 2.17 bits per heavy atom. The molecule has 1 amide bonds. The third kappa shape index (κ3) is 2.97. The minimum absolute atomic E-state index is 0.0287. The number of amides is 1. The van der Waals surface area contributed by atoms with Gasteiger partial charge in [-0.15, -0.1) is 0 Å². The average molecular weight is 330 g/mol. The Bertz CT molecular complexity index is 676. The summed E-state index contributed by atoms with van der Waals surface area (Å²) in [6.45, 7) is 3.59. The first-order valence-electron chi connectivity index (χ1n) is 8.65. The molecular weight excluding hydrogens is 308 g/mol. The summed E-state index contributed by atoms with van der Waals surface area (Å²) >= 11 is 0. The number of pyridine rings is 1. The maximum Gasteiger partial charge on any atom is 0.409 e. The molecule has 0 bridgehead atoms. The average Bonchev–Trinajstić information content (AvgIpc) is 3.37. The normalized spacial score (nSPS) is 22.0. The molecular formula is C18H22N2O4. The van der Waals surface area contributed by atoms with E-state index in [4.69, 9.17) is 9.47 Å². The summed E-state index contributed by atoms with van der Waals surface area (Å²) in [6, 6.07) is 1.87. The summed E-state index contributed by atoms with van der Waals surface area (Å²) in [5.41, 5.74) is 0.893. The quantitative estimate of drug-likeness (QED) is 0.834. The van der Waals surface area contributed by atoms with Gasteiger partial charge in [0.15, 0.2) is 5.78 Å². The first-order chi connectivity index (χ1) is 11.5. The lowest BCUT2D eigenvalue weighted by Crippen LogP contribution is -2.52. The summed E-state index contributed by atoms with van der Waals surface area (Å²) < 4.78 is 11.5. The minimum Gasteiger partial charge on any atom is -0.484 e. The van der Waals surface area contributed by atoms with E-state index in [1.54, 1.807) is 11.1 Å². The number of carbonyl (C=O) groups excluding carboxylic acids is 2. The predicted octanol–water partition coefficient (Wildman–Crippen LogP) is 2.74. The zero-order valence-corrected chi connectivity index (χ0v) is 13.9. The lowest BCUT2D eigenvalue weighted by molar-refractivity contribution is -0.0101. The molecule has 24 heavy (non-hydrogen) atoms. The van der Waals surface area contributed by atoms with Crippen molar-refractivity contribution in [1.29, 1.82) is 0 Å². The molecule has 1 spiro atoms. The number of fused-ring (bicyclic) bond motifs is 1. The van der Waals surface area contributed by atoms with Crippen LogP contribution in [0.4, 0.5) is 4.79 Å². The zero-order chi connectivity index (χ0) is 16.7. The third-order valence-corrected chi connectivity index (χ3v) is 5.14. The van der Waals surface area contributed by atoms with E-state index in [1.807, 2.05) is 13.0 Å². The summed E-state index contributed by atoms with van der Waals surface area (Å²) in [7, 11) is 0. The zero-order valence-electron chi connectivity index (χ0n) is 13.9. The fraction of sp³-hybridized carbons (Fsp3) is 0.611. The molecule has 128 valence electrons. The van der Waals surface area contributed by atoms with Crippen LogP contribution in [0.5, 0.6) is 5.75 Å². The lowest BCUT2D eigenvalue weighted by Gasteiger charge is -2.43. The van der Waals surface area contributed by atoms with E-state index in [2.05, 4.69) is 4.98 Å². The van der Waals surface area contributed by atoms with Crippen molar-refractivity contribution in [1.82, 2.24) is 9.88 Å². The van der Waals surface area contributed by atoms with Crippen molar-refractivity contribution in [3.8, 4) is 5.75 Å². The van der Waals surface area contributed by atoms with Crippen molar-refractivity contribution in [3.63, 3.8) is 0 Å². The first kappa shape index (κ1) is 15.4. The number of Topliss-reactive ketones (excluding diaryl/α,β-unsaturated/α-hetero) is 1. The van der Waals surface area contributed by atoms with Crippen LogP contribution in [0.2, 0.25) is 0 Å². The number of hydrogen-bond acceptors (Lipinski definition) is 5.